The number of benzene rings is 1. The third-order valence-electron chi connectivity index (χ3n) is 2.82. The van der Waals surface area contributed by atoms with Crippen LogP contribution in [0.15, 0.2) is 24.3 Å². The van der Waals surface area contributed by atoms with Crippen molar-refractivity contribution < 1.29 is 4.74 Å². The molecule has 3 heteroatoms. The first-order valence-corrected chi connectivity index (χ1v) is 5.28. The summed E-state index contributed by atoms with van der Waals surface area (Å²) in [5.74, 6) is 1.01. The normalized spacial score (nSPS) is 20.5. The van der Waals surface area contributed by atoms with Crippen molar-refractivity contribution >= 4 is 12.4 Å². The number of halogens is 1. The average Bonchev–Trinajstić information content (AvgIpc) is 2.30. The number of ether oxygens (including phenoxy) is 1. The van der Waals surface area contributed by atoms with Crippen molar-refractivity contribution in [3.63, 3.8) is 0 Å². The van der Waals surface area contributed by atoms with E-state index in [2.05, 4.69) is 17.4 Å². The fourth-order valence-corrected chi connectivity index (χ4v) is 2.07. The molecular weight excluding hydrogens is 210 g/mol. The molecule has 0 amide bonds. The topological polar surface area (TPSA) is 21.3 Å². The number of hydrogen-bond donors (Lipinski definition) is 1. The highest BCUT2D eigenvalue weighted by atomic mass is 35.5. The Kier molecular flexibility index (Phi) is 4.92. The number of piperidine rings is 1. The lowest BCUT2D eigenvalue weighted by atomic mass is 9.97. The summed E-state index contributed by atoms with van der Waals surface area (Å²) in [6.45, 7) is 1.13. The van der Waals surface area contributed by atoms with E-state index in [9.17, 15) is 0 Å². The smallest absolute Gasteiger partial charge is 0.123 e. The maximum Gasteiger partial charge on any atom is 0.123 e. The molecule has 1 N–H and O–H groups in total. The standard InChI is InChI=1S/C12H17NO.ClH/c1-14-12-8-3-2-6-10(12)11-7-4-5-9-13-11;/h2-3,6,8,11,13H,4-5,7,9H2,1H3;1H/t11-;/m0./s1. The summed E-state index contributed by atoms with van der Waals surface area (Å²) in [6.07, 6.45) is 3.84. The first kappa shape index (κ1) is 12.3. The van der Waals surface area contributed by atoms with E-state index in [-0.39, 0.29) is 12.4 Å². The summed E-state index contributed by atoms with van der Waals surface area (Å²) in [6, 6.07) is 8.77. The van der Waals surface area contributed by atoms with Crippen LogP contribution in [0.3, 0.4) is 0 Å². The Hall–Kier alpha value is -0.730. The van der Waals surface area contributed by atoms with Gasteiger partial charge in [-0.3, -0.25) is 0 Å². The molecule has 0 radical (unpaired) electrons. The van der Waals surface area contributed by atoms with Gasteiger partial charge in [-0.2, -0.15) is 0 Å². The van der Waals surface area contributed by atoms with Crippen LogP contribution < -0.4 is 10.1 Å². The van der Waals surface area contributed by atoms with E-state index in [1.54, 1.807) is 7.11 Å². The minimum Gasteiger partial charge on any atom is -0.496 e. The van der Waals surface area contributed by atoms with Gasteiger partial charge in [0.25, 0.3) is 0 Å². The van der Waals surface area contributed by atoms with Crippen LogP contribution in [0.1, 0.15) is 30.9 Å². The molecule has 0 saturated carbocycles. The van der Waals surface area contributed by atoms with E-state index in [1.807, 2.05) is 12.1 Å². The van der Waals surface area contributed by atoms with Crippen molar-refractivity contribution in [3.8, 4) is 5.75 Å². The van der Waals surface area contributed by atoms with Crippen LogP contribution in [-0.4, -0.2) is 13.7 Å². The Labute approximate surface area is 97.4 Å². The maximum atomic E-state index is 5.36. The lowest BCUT2D eigenvalue weighted by molar-refractivity contribution is 0.373. The second-order valence-electron chi connectivity index (χ2n) is 3.74. The van der Waals surface area contributed by atoms with Gasteiger partial charge < -0.3 is 10.1 Å². The van der Waals surface area contributed by atoms with Gasteiger partial charge in [0.2, 0.25) is 0 Å². The van der Waals surface area contributed by atoms with E-state index < -0.39 is 0 Å². The van der Waals surface area contributed by atoms with Gasteiger partial charge in [-0.05, 0) is 25.5 Å². The molecule has 1 aliphatic heterocycles. The highest BCUT2D eigenvalue weighted by molar-refractivity contribution is 5.85. The fraction of sp³-hybridized carbons (Fsp3) is 0.500. The van der Waals surface area contributed by atoms with Crippen LogP contribution in [-0.2, 0) is 0 Å². The van der Waals surface area contributed by atoms with E-state index in [0.29, 0.717) is 6.04 Å². The second-order valence-corrected chi connectivity index (χ2v) is 3.74. The predicted octanol–water partition coefficient (Wildman–Crippen LogP) is 2.93. The molecule has 1 saturated heterocycles. The Balaban J connectivity index is 0.00000112. The van der Waals surface area contributed by atoms with E-state index in [4.69, 9.17) is 4.74 Å². The third-order valence-corrected chi connectivity index (χ3v) is 2.82. The molecule has 0 unspecified atom stereocenters. The van der Waals surface area contributed by atoms with Gasteiger partial charge in [0, 0.05) is 11.6 Å². The van der Waals surface area contributed by atoms with Crippen LogP contribution in [0.4, 0.5) is 0 Å². The lowest BCUT2D eigenvalue weighted by Gasteiger charge is -2.25. The largest absolute Gasteiger partial charge is 0.496 e. The van der Waals surface area contributed by atoms with Gasteiger partial charge >= 0.3 is 0 Å². The molecule has 0 bridgehead atoms. The summed E-state index contributed by atoms with van der Waals surface area (Å²) in [5.41, 5.74) is 1.30. The molecule has 0 aromatic heterocycles. The molecule has 1 aromatic carbocycles. The van der Waals surface area contributed by atoms with Gasteiger partial charge in [0.15, 0.2) is 0 Å². The molecule has 2 rings (SSSR count). The summed E-state index contributed by atoms with van der Waals surface area (Å²) in [7, 11) is 1.74. The molecule has 1 heterocycles. The van der Waals surface area contributed by atoms with Crippen molar-refractivity contribution in [2.45, 2.75) is 25.3 Å². The molecule has 0 spiro atoms. The zero-order valence-corrected chi connectivity index (χ0v) is 9.85. The monoisotopic (exact) mass is 227 g/mol. The molecule has 2 nitrogen and oxygen atoms in total. The van der Waals surface area contributed by atoms with Crippen LogP contribution in [0.25, 0.3) is 0 Å². The molecule has 84 valence electrons. The molecule has 1 atom stereocenters. The highest BCUT2D eigenvalue weighted by Crippen LogP contribution is 2.29. The SMILES string of the molecule is COc1ccccc1[C@@H]1CCCCN1.Cl. The minimum absolute atomic E-state index is 0. The zero-order valence-electron chi connectivity index (χ0n) is 9.03. The minimum atomic E-state index is 0. The van der Waals surface area contributed by atoms with Crippen molar-refractivity contribution in [2.75, 3.05) is 13.7 Å². The van der Waals surface area contributed by atoms with Crippen LogP contribution in [0.2, 0.25) is 0 Å². The summed E-state index contributed by atoms with van der Waals surface area (Å²) in [4.78, 5) is 0. The first-order valence-electron chi connectivity index (χ1n) is 5.28. The van der Waals surface area contributed by atoms with Gasteiger partial charge in [-0.1, -0.05) is 24.6 Å². The molecule has 15 heavy (non-hydrogen) atoms. The zero-order chi connectivity index (χ0) is 9.80. The number of rotatable bonds is 2. The van der Waals surface area contributed by atoms with Gasteiger partial charge in [0.05, 0.1) is 7.11 Å². The average molecular weight is 228 g/mol. The molecular formula is C12H18ClNO. The Morgan fingerprint density at radius 3 is 2.73 bits per heavy atom. The van der Waals surface area contributed by atoms with E-state index in [0.717, 1.165) is 12.3 Å². The Bertz CT molecular complexity index is 297. The van der Waals surface area contributed by atoms with Crippen LogP contribution in [0, 0.1) is 0 Å². The van der Waals surface area contributed by atoms with Crippen molar-refractivity contribution in [1.82, 2.24) is 5.32 Å². The van der Waals surface area contributed by atoms with Crippen LogP contribution in [0.5, 0.6) is 5.75 Å². The quantitative estimate of drug-likeness (QED) is 0.839. The summed E-state index contributed by atoms with van der Waals surface area (Å²) >= 11 is 0. The molecule has 1 aliphatic rings. The Morgan fingerprint density at radius 1 is 1.27 bits per heavy atom. The maximum absolute atomic E-state index is 5.36. The lowest BCUT2D eigenvalue weighted by Crippen LogP contribution is -2.27. The number of para-hydroxylation sites is 1. The predicted molar refractivity (Wildman–Crippen MR) is 64.8 cm³/mol. The van der Waals surface area contributed by atoms with Crippen molar-refractivity contribution in [2.24, 2.45) is 0 Å². The van der Waals surface area contributed by atoms with E-state index in [1.165, 1.54) is 24.8 Å². The highest BCUT2D eigenvalue weighted by Gasteiger charge is 2.17. The van der Waals surface area contributed by atoms with Crippen molar-refractivity contribution in [1.29, 1.82) is 0 Å². The number of hydrogen-bond acceptors (Lipinski definition) is 2. The fourth-order valence-electron chi connectivity index (χ4n) is 2.07. The van der Waals surface area contributed by atoms with Gasteiger partial charge in [0.1, 0.15) is 5.75 Å². The van der Waals surface area contributed by atoms with E-state index >= 15 is 0 Å². The summed E-state index contributed by atoms with van der Waals surface area (Å²) < 4.78 is 5.36. The third kappa shape index (κ3) is 2.86. The van der Waals surface area contributed by atoms with Gasteiger partial charge in [-0.25, -0.2) is 0 Å². The van der Waals surface area contributed by atoms with Crippen molar-refractivity contribution in [3.05, 3.63) is 29.8 Å². The first-order chi connectivity index (χ1) is 6.92. The molecule has 1 aromatic rings. The summed E-state index contributed by atoms with van der Waals surface area (Å²) in [5, 5.41) is 3.53. The Morgan fingerprint density at radius 2 is 2.07 bits per heavy atom. The van der Waals surface area contributed by atoms with Crippen LogP contribution >= 0.6 is 12.4 Å². The van der Waals surface area contributed by atoms with Gasteiger partial charge in [-0.15, -0.1) is 12.4 Å². The number of methoxy groups -OCH3 is 1. The number of nitrogens with one attached hydrogen (secondary N) is 1. The molecule has 1 fully saturated rings. The second kappa shape index (κ2) is 5.99. The molecule has 0 aliphatic carbocycles.